The van der Waals surface area contributed by atoms with Gasteiger partial charge in [-0.1, -0.05) is 30.3 Å². The Labute approximate surface area is 142 Å². The highest BCUT2D eigenvalue weighted by Gasteiger charge is 2.26. The van der Waals surface area contributed by atoms with Crippen LogP contribution in [-0.2, 0) is 4.79 Å². The third-order valence-electron chi connectivity index (χ3n) is 4.72. The molecule has 1 aliphatic heterocycles. The minimum atomic E-state index is 0.144. The van der Waals surface area contributed by atoms with Crippen LogP contribution >= 0.6 is 11.8 Å². The highest BCUT2D eigenvalue weighted by Crippen LogP contribution is 2.23. The first-order valence-corrected chi connectivity index (χ1v) is 9.47. The second-order valence-electron chi connectivity index (χ2n) is 6.20. The molecule has 2 aromatic carbocycles. The predicted octanol–water partition coefficient (Wildman–Crippen LogP) is 2.12. The number of nitrogens with one attached hydrogen (secondary N) is 2. The molecule has 2 aromatic rings. The van der Waals surface area contributed by atoms with Gasteiger partial charge in [-0.2, -0.15) is 0 Å². The quantitative estimate of drug-likeness (QED) is 0.796. The zero-order valence-electron chi connectivity index (χ0n) is 13.7. The van der Waals surface area contributed by atoms with E-state index < -0.39 is 0 Å². The Bertz CT molecular complexity index is 673. The lowest BCUT2D eigenvalue weighted by Crippen LogP contribution is -3.14. The number of thioether (sulfide) groups is 1. The summed E-state index contributed by atoms with van der Waals surface area (Å²) in [6.45, 7) is 5.46. The van der Waals surface area contributed by atoms with Crippen LogP contribution in [0.15, 0.2) is 47.4 Å². The number of fused-ring (bicyclic) bond motifs is 1. The van der Waals surface area contributed by atoms with E-state index in [1.165, 1.54) is 30.2 Å². The van der Waals surface area contributed by atoms with Crippen LogP contribution in [0.2, 0.25) is 0 Å². The van der Waals surface area contributed by atoms with E-state index in [4.69, 9.17) is 0 Å². The van der Waals surface area contributed by atoms with Gasteiger partial charge in [0.05, 0.1) is 25.4 Å². The van der Waals surface area contributed by atoms with E-state index >= 15 is 0 Å². The molecule has 0 aromatic heterocycles. The number of hydrogen-bond donors (Lipinski definition) is 2. The molecular weight excluding hydrogens is 304 g/mol. The van der Waals surface area contributed by atoms with E-state index in [1.807, 2.05) is 12.1 Å². The van der Waals surface area contributed by atoms with Crippen molar-refractivity contribution in [1.82, 2.24) is 5.32 Å². The number of likely N-dealkylation sites (tertiary alicyclic amines) is 1. The zero-order valence-corrected chi connectivity index (χ0v) is 14.5. The highest BCUT2D eigenvalue weighted by atomic mass is 32.2. The fourth-order valence-corrected chi connectivity index (χ4v) is 4.16. The molecule has 23 heavy (non-hydrogen) atoms. The van der Waals surface area contributed by atoms with Gasteiger partial charge in [0.15, 0.2) is 0 Å². The summed E-state index contributed by atoms with van der Waals surface area (Å²) in [6.07, 6.45) is 2.52. The summed E-state index contributed by atoms with van der Waals surface area (Å²) < 4.78 is 0. The molecule has 1 saturated heterocycles. The molecule has 1 heterocycles. The summed E-state index contributed by atoms with van der Waals surface area (Å²) in [5.41, 5.74) is 0. The van der Waals surface area contributed by atoms with Crippen molar-refractivity contribution < 1.29 is 9.69 Å². The zero-order chi connectivity index (χ0) is 16.1. The smallest absolute Gasteiger partial charge is 0.230 e. The maximum atomic E-state index is 12.1. The third kappa shape index (κ3) is 4.27. The van der Waals surface area contributed by atoms with Crippen molar-refractivity contribution in [3.63, 3.8) is 0 Å². The highest BCUT2D eigenvalue weighted by molar-refractivity contribution is 8.00. The van der Waals surface area contributed by atoms with Crippen LogP contribution in [0.3, 0.4) is 0 Å². The van der Waals surface area contributed by atoms with E-state index in [9.17, 15) is 4.79 Å². The Morgan fingerprint density at radius 1 is 1.26 bits per heavy atom. The van der Waals surface area contributed by atoms with Crippen LogP contribution in [-0.4, -0.2) is 37.3 Å². The maximum Gasteiger partial charge on any atom is 0.230 e. The van der Waals surface area contributed by atoms with Crippen LogP contribution in [0, 0.1) is 0 Å². The summed E-state index contributed by atoms with van der Waals surface area (Å²) in [5, 5.41) is 5.58. The Morgan fingerprint density at radius 2 is 2.09 bits per heavy atom. The molecule has 2 N–H and O–H groups in total. The lowest BCUT2D eigenvalue weighted by molar-refractivity contribution is -0.909. The lowest BCUT2D eigenvalue weighted by Gasteiger charge is -2.20. The molecule has 0 bridgehead atoms. The number of carbonyl (C=O) groups is 1. The molecule has 1 fully saturated rings. The van der Waals surface area contributed by atoms with Gasteiger partial charge in [-0.05, 0) is 29.8 Å². The van der Waals surface area contributed by atoms with Crippen molar-refractivity contribution in [3.8, 4) is 0 Å². The first kappa shape index (κ1) is 16.3. The SMILES string of the molecule is CC[NH+]1CCC[C@@H]1CNC(=O)CSc1ccc2ccccc2c1. The Balaban J connectivity index is 1.48. The van der Waals surface area contributed by atoms with E-state index in [0.29, 0.717) is 11.8 Å². The van der Waals surface area contributed by atoms with Crippen molar-refractivity contribution in [2.45, 2.75) is 30.7 Å². The van der Waals surface area contributed by atoms with Gasteiger partial charge in [-0.25, -0.2) is 0 Å². The average Bonchev–Trinajstić information content (AvgIpc) is 3.05. The summed E-state index contributed by atoms with van der Waals surface area (Å²) in [4.78, 5) is 14.9. The van der Waals surface area contributed by atoms with E-state index in [1.54, 1.807) is 16.7 Å². The van der Waals surface area contributed by atoms with Crippen LogP contribution < -0.4 is 10.2 Å². The predicted molar refractivity (Wildman–Crippen MR) is 97.1 cm³/mol. The molecule has 1 unspecified atom stereocenters. The summed E-state index contributed by atoms with van der Waals surface area (Å²) in [5.74, 6) is 0.637. The minimum absolute atomic E-state index is 0.144. The monoisotopic (exact) mass is 329 g/mol. The second kappa shape index (κ2) is 7.84. The molecule has 122 valence electrons. The molecule has 4 heteroatoms. The topological polar surface area (TPSA) is 33.5 Å². The van der Waals surface area contributed by atoms with Gasteiger partial charge in [0.2, 0.25) is 5.91 Å². The first-order valence-electron chi connectivity index (χ1n) is 8.49. The number of amides is 1. The Kier molecular flexibility index (Phi) is 5.57. The van der Waals surface area contributed by atoms with Crippen molar-refractivity contribution in [1.29, 1.82) is 0 Å². The summed E-state index contributed by atoms with van der Waals surface area (Å²) in [7, 11) is 0. The van der Waals surface area contributed by atoms with Crippen LogP contribution in [0.25, 0.3) is 10.8 Å². The van der Waals surface area contributed by atoms with E-state index in [2.05, 4.69) is 42.6 Å². The standard InChI is InChI=1S/C19H24N2OS/c1-2-21-11-5-8-17(21)13-20-19(22)14-23-18-10-9-15-6-3-4-7-16(15)12-18/h3-4,6-7,9-10,12,17H,2,5,8,11,13-14H2,1H3,(H,20,22)/p+1/t17-/m1/s1. The normalized spacial score (nSPS) is 20.7. The molecule has 3 nitrogen and oxygen atoms in total. The fraction of sp³-hybridized carbons (Fsp3) is 0.421. The largest absolute Gasteiger partial charge is 0.349 e. The number of hydrogen-bond acceptors (Lipinski definition) is 2. The molecule has 1 aliphatic rings. The van der Waals surface area contributed by atoms with Gasteiger partial charge in [-0.3, -0.25) is 4.79 Å². The molecule has 3 rings (SSSR count). The minimum Gasteiger partial charge on any atom is -0.349 e. The number of carbonyl (C=O) groups excluding carboxylic acids is 1. The van der Waals surface area contributed by atoms with Crippen LogP contribution in [0.4, 0.5) is 0 Å². The van der Waals surface area contributed by atoms with Gasteiger partial charge < -0.3 is 10.2 Å². The van der Waals surface area contributed by atoms with Crippen LogP contribution in [0.5, 0.6) is 0 Å². The molecule has 0 aliphatic carbocycles. The van der Waals surface area contributed by atoms with Gasteiger partial charge >= 0.3 is 0 Å². The second-order valence-corrected chi connectivity index (χ2v) is 7.25. The molecule has 0 spiro atoms. The Morgan fingerprint density at radius 3 is 2.91 bits per heavy atom. The number of benzene rings is 2. The van der Waals surface area contributed by atoms with Crippen molar-refractivity contribution in [2.75, 3.05) is 25.4 Å². The Hall–Kier alpha value is -1.52. The van der Waals surface area contributed by atoms with Gasteiger partial charge in [-0.15, -0.1) is 11.8 Å². The number of likely N-dealkylation sites (N-methyl/N-ethyl adjacent to an activating group) is 1. The maximum absolute atomic E-state index is 12.1. The van der Waals surface area contributed by atoms with E-state index in [-0.39, 0.29) is 5.91 Å². The molecule has 0 radical (unpaired) electrons. The van der Waals surface area contributed by atoms with Gasteiger partial charge in [0, 0.05) is 17.7 Å². The van der Waals surface area contributed by atoms with Crippen molar-refractivity contribution in [2.24, 2.45) is 0 Å². The lowest BCUT2D eigenvalue weighted by atomic mass is 10.1. The summed E-state index contributed by atoms with van der Waals surface area (Å²) in [6, 6.07) is 15.3. The van der Waals surface area contributed by atoms with Gasteiger partial charge in [0.25, 0.3) is 0 Å². The molecule has 2 atom stereocenters. The number of quaternary nitrogens is 1. The van der Waals surface area contributed by atoms with E-state index in [0.717, 1.165) is 18.0 Å². The average molecular weight is 329 g/mol. The molecular formula is C19H25N2OS+. The first-order chi connectivity index (χ1) is 11.3. The van der Waals surface area contributed by atoms with Gasteiger partial charge in [0.1, 0.15) is 6.04 Å². The number of rotatable bonds is 6. The molecule has 0 saturated carbocycles. The molecule has 1 amide bonds. The fourth-order valence-electron chi connectivity index (χ4n) is 3.39. The van der Waals surface area contributed by atoms with Crippen molar-refractivity contribution >= 4 is 28.4 Å². The van der Waals surface area contributed by atoms with Crippen LogP contribution in [0.1, 0.15) is 19.8 Å². The van der Waals surface area contributed by atoms with Crippen molar-refractivity contribution in [3.05, 3.63) is 42.5 Å². The third-order valence-corrected chi connectivity index (χ3v) is 5.71. The summed E-state index contributed by atoms with van der Waals surface area (Å²) >= 11 is 1.61.